The van der Waals surface area contributed by atoms with Gasteiger partial charge in [-0.25, -0.2) is 0 Å². The van der Waals surface area contributed by atoms with Gasteiger partial charge in [0.2, 0.25) is 0 Å². The van der Waals surface area contributed by atoms with Gasteiger partial charge in [0.1, 0.15) is 0 Å². The molecule has 21 heavy (non-hydrogen) atoms. The van der Waals surface area contributed by atoms with Gasteiger partial charge in [-0.3, -0.25) is 4.99 Å². The molecule has 1 aromatic rings. The molecule has 114 valence electrons. The summed E-state index contributed by atoms with van der Waals surface area (Å²) in [6.07, 6.45) is 6.25. The van der Waals surface area contributed by atoms with Crippen LogP contribution in [0.2, 0.25) is 0 Å². The summed E-state index contributed by atoms with van der Waals surface area (Å²) in [5, 5.41) is 6.31. The molecule has 0 radical (unpaired) electrons. The first-order valence-electron chi connectivity index (χ1n) is 7.33. The SMILES string of the molecule is C#CCNC(=NCC(Cc1ccccc1)N(C)C)NCC. The summed E-state index contributed by atoms with van der Waals surface area (Å²) in [6, 6.07) is 10.9. The van der Waals surface area contributed by atoms with Crippen molar-refractivity contribution in [2.24, 2.45) is 4.99 Å². The number of aliphatic imine (C=N–C) groups is 1. The first-order valence-corrected chi connectivity index (χ1v) is 7.33. The summed E-state index contributed by atoms with van der Waals surface area (Å²) in [6.45, 7) is 4.07. The van der Waals surface area contributed by atoms with Gasteiger partial charge in [-0.15, -0.1) is 6.42 Å². The molecule has 1 unspecified atom stereocenters. The molecular formula is C17H26N4. The fraction of sp³-hybridized carbons (Fsp3) is 0.471. The Balaban J connectivity index is 2.66. The lowest BCUT2D eigenvalue weighted by Gasteiger charge is -2.23. The zero-order chi connectivity index (χ0) is 15.5. The van der Waals surface area contributed by atoms with Crippen LogP contribution in [0.15, 0.2) is 35.3 Å². The van der Waals surface area contributed by atoms with E-state index in [1.807, 2.05) is 13.0 Å². The van der Waals surface area contributed by atoms with Crippen LogP contribution in [0.3, 0.4) is 0 Å². The van der Waals surface area contributed by atoms with Crippen molar-refractivity contribution in [1.82, 2.24) is 15.5 Å². The predicted molar refractivity (Wildman–Crippen MR) is 90.4 cm³/mol. The normalized spacial score (nSPS) is 12.8. The second kappa shape index (κ2) is 9.84. The van der Waals surface area contributed by atoms with Crippen molar-refractivity contribution in [2.45, 2.75) is 19.4 Å². The molecule has 0 aliphatic rings. The second-order valence-corrected chi connectivity index (χ2v) is 5.08. The minimum Gasteiger partial charge on any atom is -0.357 e. The largest absolute Gasteiger partial charge is 0.357 e. The first-order chi connectivity index (χ1) is 10.2. The van der Waals surface area contributed by atoms with Crippen LogP contribution in [-0.2, 0) is 6.42 Å². The highest BCUT2D eigenvalue weighted by atomic mass is 15.2. The van der Waals surface area contributed by atoms with Gasteiger partial charge in [0.25, 0.3) is 0 Å². The molecule has 0 fully saturated rings. The van der Waals surface area contributed by atoms with Crippen LogP contribution >= 0.6 is 0 Å². The number of hydrogen-bond acceptors (Lipinski definition) is 2. The highest BCUT2D eigenvalue weighted by Gasteiger charge is 2.12. The van der Waals surface area contributed by atoms with Crippen LogP contribution in [0.5, 0.6) is 0 Å². The molecule has 1 rings (SSSR count). The molecule has 0 saturated carbocycles. The maximum Gasteiger partial charge on any atom is 0.192 e. The van der Waals surface area contributed by atoms with Gasteiger partial charge in [-0.1, -0.05) is 36.3 Å². The quantitative estimate of drug-likeness (QED) is 0.451. The summed E-state index contributed by atoms with van der Waals surface area (Å²) < 4.78 is 0. The molecule has 2 N–H and O–H groups in total. The molecule has 0 heterocycles. The molecule has 0 amide bonds. The molecule has 1 atom stereocenters. The Morgan fingerprint density at radius 1 is 1.29 bits per heavy atom. The Hall–Kier alpha value is -1.99. The Bertz CT molecular complexity index is 459. The molecule has 0 aromatic heterocycles. The third-order valence-electron chi connectivity index (χ3n) is 3.21. The van der Waals surface area contributed by atoms with Crippen molar-refractivity contribution in [3.05, 3.63) is 35.9 Å². The zero-order valence-electron chi connectivity index (χ0n) is 13.3. The minimum absolute atomic E-state index is 0.355. The molecule has 0 saturated heterocycles. The van der Waals surface area contributed by atoms with Crippen LogP contribution in [0.1, 0.15) is 12.5 Å². The number of terminal acetylenes is 1. The number of nitrogens with one attached hydrogen (secondary N) is 2. The second-order valence-electron chi connectivity index (χ2n) is 5.08. The fourth-order valence-electron chi connectivity index (χ4n) is 1.97. The van der Waals surface area contributed by atoms with E-state index >= 15 is 0 Å². The Morgan fingerprint density at radius 3 is 2.57 bits per heavy atom. The molecule has 0 bridgehead atoms. The van der Waals surface area contributed by atoms with Gasteiger partial charge >= 0.3 is 0 Å². The average molecular weight is 286 g/mol. The van der Waals surface area contributed by atoms with Crippen molar-refractivity contribution in [3.8, 4) is 12.3 Å². The van der Waals surface area contributed by atoms with E-state index in [2.05, 4.69) is 64.8 Å². The van der Waals surface area contributed by atoms with E-state index < -0.39 is 0 Å². The molecular weight excluding hydrogens is 260 g/mol. The highest BCUT2D eigenvalue weighted by Crippen LogP contribution is 2.07. The van der Waals surface area contributed by atoms with Crippen molar-refractivity contribution in [2.75, 3.05) is 33.7 Å². The average Bonchev–Trinajstić information content (AvgIpc) is 2.49. The van der Waals surface area contributed by atoms with E-state index in [0.29, 0.717) is 12.6 Å². The summed E-state index contributed by atoms with van der Waals surface area (Å²) in [5.74, 6) is 3.34. The van der Waals surface area contributed by atoms with E-state index in [0.717, 1.165) is 25.5 Å². The van der Waals surface area contributed by atoms with Gasteiger partial charge in [0.05, 0.1) is 13.1 Å². The number of nitrogens with zero attached hydrogens (tertiary/aromatic N) is 2. The molecule has 4 heteroatoms. The van der Waals surface area contributed by atoms with Crippen molar-refractivity contribution >= 4 is 5.96 Å². The number of benzene rings is 1. The Labute approximate surface area is 128 Å². The number of hydrogen-bond donors (Lipinski definition) is 2. The van der Waals surface area contributed by atoms with Crippen molar-refractivity contribution in [3.63, 3.8) is 0 Å². The monoisotopic (exact) mass is 286 g/mol. The lowest BCUT2D eigenvalue weighted by Crippen LogP contribution is -2.39. The lowest BCUT2D eigenvalue weighted by atomic mass is 10.1. The highest BCUT2D eigenvalue weighted by molar-refractivity contribution is 5.80. The number of guanidine groups is 1. The summed E-state index contributed by atoms with van der Waals surface area (Å²) >= 11 is 0. The lowest BCUT2D eigenvalue weighted by molar-refractivity contribution is 0.298. The summed E-state index contributed by atoms with van der Waals surface area (Å²) in [4.78, 5) is 6.84. The first kappa shape index (κ1) is 17.1. The van der Waals surface area contributed by atoms with E-state index in [9.17, 15) is 0 Å². The van der Waals surface area contributed by atoms with Crippen LogP contribution in [0.4, 0.5) is 0 Å². The number of likely N-dealkylation sites (N-methyl/N-ethyl adjacent to an activating group) is 1. The third-order valence-corrected chi connectivity index (χ3v) is 3.21. The zero-order valence-corrected chi connectivity index (χ0v) is 13.3. The number of rotatable bonds is 7. The third kappa shape index (κ3) is 6.82. The topological polar surface area (TPSA) is 39.7 Å². The minimum atomic E-state index is 0.355. The molecule has 0 spiro atoms. The van der Waals surface area contributed by atoms with Crippen LogP contribution in [-0.4, -0.2) is 50.6 Å². The van der Waals surface area contributed by atoms with Crippen molar-refractivity contribution < 1.29 is 0 Å². The predicted octanol–water partition coefficient (Wildman–Crippen LogP) is 1.35. The van der Waals surface area contributed by atoms with E-state index in [1.165, 1.54) is 5.56 Å². The van der Waals surface area contributed by atoms with Crippen LogP contribution < -0.4 is 10.6 Å². The van der Waals surface area contributed by atoms with Crippen LogP contribution in [0.25, 0.3) is 0 Å². The molecule has 1 aromatic carbocycles. The standard InChI is InChI=1S/C17H26N4/c1-5-12-19-17(18-6-2)20-14-16(21(3)4)13-15-10-8-7-9-11-15/h1,7-11,16H,6,12-14H2,2-4H3,(H2,18,19,20). The van der Waals surface area contributed by atoms with Crippen LogP contribution in [0, 0.1) is 12.3 Å². The van der Waals surface area contributed by atoms with Gasteiger partial charge < -0.3 is 15.5 Å². The van der Waals surface area contributed by atoms with E-state index in [-0.39, 0.29) is 0 Å². The Kier molecular flexibility index (Phi) is 8.00. The maximum atomic E-state index is 5.28. The van der Waals surface area contributed by atoms with E-state index in [1.54, 1.807) is 0 Å². The van der Waals surface area contributed by atoms with Gasteiger partial charge in [0.15, 0.2) is 5.96 Å². The van der Waals surface area contributed by atoms with E-state index in [4.69, 9.17) is 6.42 Å². The van der Waals surface area contributed by atoms with Gasteiger partial charge in [0, 0.05) is 12.6 Å². The van der Waals surface area contributed by atoms with Gasteiger partial charge in [-0.2, -0.15) is 0 Å². The van der Waals surface area contributed by atoms with Crippen molar-refractivity contribution in [1.29, 1.82) is 0 Å². The fourth-order valence-corrected chi connectivity index (χ4v) is 1.97. The maximum absolute atomic E-state index is 5.28. The Morgan fingerprint density at radius 2 is 2.00 bits per heavy atom. The molecule has 0 aliphatic carbocycles. The summed E-state index contributed by atoms with van der Waals surface area (Å²) in [5.41, 5.74) is 1.33. The smallest absolute Gasteiger partial charge is 0.192 e. The van der Waals surface area contributed by atoms with Gasteiger partial charge in [-0.05, 0) is 33.0 Å². The molecule has 4 nitrogen and oxygen atoms in total. The summed E-state index contributed by atoms with van der Waals surface area (Å²) in [7, 11) is 4.18. The molecule has 0 aliphatic heterocycles.